The van der Waals surface area contributed by atoms with E-state index in [1.54, 1.807) is 78.9 Å². The van der Waals surface area contributed by atoms with E-state index in [2.05, 4.69) is 35.4 Å². The molecule has 0 radical (unpaired) electrons. The molecule has 28 heteroatoms. The normalized spacial score (nSPS) is 21.7. The van der Waals surface area contributed by atoms with E-state index >= 15 is 0 Å². The highest BCUT2D eigenvalue weighted by atomic mass is 19.4. The van der Waals surface area contributed by atoms with Crippen LogP contribution in [0.4, 0.5) is 57.5 Å². The van der Waals surface area contributed by atoms with Crippen LogP contribution in [0.25, 0.3) is 9.69 Å². The number of carbonyl (C=O) groups excluding carboxylic acids is 1. The van der Waals surface area contributed by atoms with Crippen molar-refractivity contribution in [2.75, 3.05) is 26.3 Å². The first-order valence-electron chi connectivity index (χ1n) is 26.2. The number of hydrogen-bond acceptors (Lipinski definition) is 9. The predicted molar refractivity (Wildman–Crippen MR) is 283 cm³/mol. The number of aromatic amines is 2. The monoisotopic (exact) mass is 1210 g/mol. The van der Waals surface area contributed by atoms with Crippen molar-refractivity contribution in [1.82, 2.24) is 39.7 Å². The summed E-state index contributed by atoms with van der Waals surface area (Å²) in [6.45, 7) is 17.4. The lowest BCUT2D eigenvalue weighted by Crippen LogP contribution is -2.62. The number of nitrogens with one attached hydrogen (secondary N) is 3. The zero-order valence-corrected chi connectivity index (χ0v) is 45.4. The van der Waals surface area contributed by atoms with Crippen molar-refractivity contribution in [2.45, 2.75) is 105 Å². The minimum Gasteiger partial charge on any atom is -0.445 e. The lowest BCUT2D eigenvalue weighted by Gasteiger charge is -2.49. The number of aromatic nitrogens is 6. The number of hydrogen-bond donors (Lipinski definition) is 3. The molecule has 2 aliphatic rings. The van der Waals surface area contributed by atoms with Gasteiger partial charge in [-0.1, -0.05) is 91.0 Å². The Kier molecular flexibility index (Phi) is 18.2. The molecule has 0 bridgehead atoms. The quantitative estimate of drug-likeness (QED) is 0.0708. The minimum atomic E-state index is -5.06. The van der Waals surface area contributed by atoms with Crippen molar-refractivity contribution >= 4 is 6.09 Å². The molecule has 3 N–H and O–H groups in total. The number of piperidine rings is 2. The molecule has 5 aromatic carbocycles. The van der Waals surface area contributed by atoms with E-state index in [9.17, 15) is 67.1 Å². The molecule has 6 atom stereocenters. The Bertz CT molecular complexity index is 3610. The third-order valence-corrected chi connectivity index (χ3v) is 15.3. The number of benzene rings is 5. The van der Waals surface area contributed by atoms with Crippen LogP contribution in [0.15, 0.2) is 150 Å². The number of nitrogens with zero attached hydrogens (tertiary/aromatic N) is 7. The number of rotatable bonds is 14. The topological polar surface area (TPSA) is 170 Å². The number of likely N-dealkylation sites (tertiary alicyclic amines) is 1. The van der Waals surface area contributed by atoms with Gasteiger partial charge in [-0.2, -0.15) is 62.9 Å². The fourth-order valence-corrected chi connectivity index (χ4v) is 10.4. The Morgan fingerprint density at radius 2 is 1.00 bits per heavy atom. The smallest absolute Gasteiger partial charge is 0.416 e. The summed E-state index contributed by atoms with van der Waals surface area (Å²) in [5.41, 5.74) is -11.0. The Hall–Kier alpha value is -8.73. The van der Waals surface area contributed by atoms with Crippen molar-refractivity contribution in [3.05, 3.63) is 234 Å². The summed E-state index contributed by atoms with van der Waals surface area (Å²) < 4.78 is 182. The van der Waals surface area contributed by atoms with E-state index in [0.717, 1.165) is 16.5 Å². The van der Waals surface area contributed by atoms with Gasteiger partial charge in [0.15, 0.2) is 0 Å². The predicted octanol–water partition coefficient (Wildman–Crippen LogP) is 12.5. The van der Waals surface area contributed by atoms with Crippen LogP contribution < -0.4 is 16.7 Å². The molecule has 0 unspecified atom stereocenters. The molecule has 2 aliphatic heterocycles. The highest BCUT2D eigenvalue weighted by molar-refractivity contribution is 5.70. The summed E-state index contributed by atoms with van der Waals surface area (Å²) >= 11 is 0. The number of ether oxygens (including phenoxy) is 3. The Balaban J connectivity index is 0.000000230. The summed E-state index contributed by atoms with van der Waals surface area (Å²) in [4.78, 5) is 47.5. The third-order valence-electron chi connectivity index (χ3n) is 15.3. The van der Waals surface area contributed by atoms with Crippen LogP contribution in [-0.4, -0.2) is 66.8 Å². The maximum absolute atomic E-state index is 14.0. The van der Waals surface area contributed by atoms with Gasteiger partial charge in [-0.3, -0.25) is 19.9 Å². The van der Waals surface area contributed by atoms with Gasteiger partial charge in [0.2, 0.25) is 0 Å². The van der Waals surface area contributed by atoms with Gasteiger partial charge in [0.1, 0.15) is 25.8 Å². The second-order valence-electron chi connectivity index (χ2n) is 20.7. The zero-order valence-electron chi connectivity index (χ0n) is 45.4. The number of halogens is 12. The number of carbonyl (C=O) groups is 1. The first-order chi connectivity index (χ1) is 40.5. The molecule has 4 heterocycles. The second kappa shape index (κ2) is 24.7. The molecule has 1 amide bonds. The fraction of sp³-hybridized carbons (Fsp3) is 0.362. The average molecular weight is 1210 g/mol. The largest absolute Gasteiger partial charge is 0.445 e. The fourth-order valence-electron chi connectivity index (χ4n) is 10.4. The standard InChI is InChI=1S/C33H29F6N5O4.C25H23F6N5O2/c1-22(24-15-26(32(34,35)36)17-27(16-24)33(37,38)39)48-20-30(25-11-7-4-8-12-25)13-14-31(40-2,44-21-41-42-28(44)45)19-43(30)29(46)47-18-23-9-5-3-6-10-23;1-16(17-10-19(24(26,27)28)12-20(11-17)25(29,30)31)38-14-22(18-6-4-3-5-7-18)8-9-23(32-2,13-33-22)36-15-34-35-21(36)37/h3-12,15-17,21-22H,13-14,18-20H2,1H3,(H,42,45);3-7,10-12,15-16,33H,8-9,13-14H2,1H3,(H,35,37)/t22-,30-,31+;16-,22-,23+/m11/s1. The van der Waals surface area contributed by atoms with Crippen LogP contribution in [-0.2, 0) is 67.9 Å². The number of amides is 1. The Morgan fingerprint density at radius 3 is 1.41 bits per heavy atom. The molecule has 16 nitrogen and oxygen atoms in total. The van der Waals surface area contributed by atoms with Gasteiger partial charge in [0, 0.05) is 0 Å². The van der Waals surface area contributed by atoms with Gasteiger partial charge in [0.05, 0.1) is 78.1 Å². The van der Waals surface area contributed by atoms with E-state index in [0.29, 0.717) is 35.4 Å². The molecule has 86 heavy (non-hydrogen) atoms. The van der Waals surface area contributed by atoms with E-state index in [4.69, 9.17) is 27.4 Å². The van der Waals surface area contributed by atoms with Crippen LogP contribution >= 0.6 is 0 Å². The summed E-state index contributed by atoms with van der Waals surface area (Å²) in [6, 6.07) is 28.8. The maximum atomic E-state index is 14.0. The molecule has 2 saturated heterocycles. The first kappa shape index (κ1) is 63.3. The summed E-state index contributed by atoms with van der Waals surface area (Å²) in [5, 5.41) is 15.2. The molecular formula is C58H52F12N10O6. The van der Waals surface area contributed by atoms with Gasteiger partial charge in [0.25, 0.3) is 0 Å². The molecule has 454 valence electrons. The van der Waals surface area contributed by atoms with Gasteiger partial charge in [-0.25, -0.2) is 46.9 Å². The van der Waals surface area contributed by atoms with E-state index in [1.807, 2.05) is 12.1 Å². The molecular weight excluding hydrogens is 1160 g/mol. The molecule has 2 fully saturated rings. The van der Waals surface area contributed by atoms with Crippen molar-refractivity contribution in [3.63, 3.8) is 0 Å². The molecule has 0 aliphatic carbocycles. The first-order valence-corrected chi connectivity index (χ1v) is 26.2. The van der Waals surface area contributed by atoms with Crippen molar-refractivity contribution in [1.29, 1.82) is 0 Å². The van der Waals surface area contributed by atoms with Gasteiger partial charge in [-0.05, 0) is 90.9 Å². The third kappa shape index (κ3) is 13.7. The van der Waals surface area contributed by atoms with Gasteiger partial charge >= 0.3 is 53.5 Å². The second-order valence-corrected chi connectivity index (χ2v) is 20.7. The van der Waals surface area contributed by atoms with Gasteiger partial charge in [-0.15, -0.1) is 0 Å². The summed E-state index contributed by atoms with van der Waals surface area (Å²) in [6.07, 6.45) is -20.5. The zero-order chi connectivity index (χ0) is 62.5. The Morgan fingerprint density at radius 1 is 0.581 bits per heavy atom. The average Bonchev–Trinajstić information content (AvgIpc) is 1.07. The lowest BCUT2D eigenvalue weighted by molar-refractivity contribution is -0.145. The van der Waals surface area contributed by atoms with Gasteiger partial charge < -0.3 is 14.2 Å². The van der Waals surface area contributed by atoms with Crippen LogP contribution in [0.1, 0.15) is 102 Å². The minimum absolute atomic E-state index is 0.00712. The maximum Gasteiger partial charge on any atom is 0.416 e. The number of H-pyrrole nitrogens is 2. The highest BCUT2D eigenvalue weighted by Crippen LogP contribution is 2.47. The van der Waals surface area contributed by atoms with Crippen LogP contribution in [0.2, 0.25) is 0 Å². The van der Waals surface area contributed by atoms with E-state index in [1.165, 1.54) is 29.6 Å². The lowest BCUT2D eigenvalue weighted by atomic mass is 9.77. The highest BCUT2D eigenvalue weighted by Gasteiger charge is 2.58. The molecule has 0 spiro atoms. The van der Waals surface area contributed by atoms with E-state index in [-0.39, 0.29) is 68.7 Å². The van der Waals surface area contributed by atoms with Crippen molar-refractivity contribution < 1.29 is 71.7 Å². The van der Waals surface area contributed by atoms with Crippen LogP contribution in [0.3, 0.4) is 0 Å². The number of alkyl halides is 12. The van der Waals surface area contributed by atoms with E-state index < -0.39 is 112 Å². The summed E-state index contributed by atoms with van der Waals surface area (Å²) in [7, 11) is 0. The van der Waals surface area contributed by atoms with Crippen molar-refractivity contribution in [3.8, 4) is 0 Å². The molecule has 0 saturated carbocycles. The SMILES string of the molecule is [C-]#[N+][C@]1(n2cn[nH]c2=O)CC[C@@](CO[C@H](C)c2cc(C(F)(F)F)cc(C(F)(F)F)c2)(c2ccccc2)N(C(=O)OCc2ccccc2)C1.[C-]#[N+][C@]1(n2cn[nH]c2=O)CC[C@@](CO[C@H](C)c2cc(C(F)(F)F)cc(C(F)(F)F)c2)(c2ccccc2)NC1. The summed E-state index contributed by atoms with van der Waals surface area (Å²) in [5.74, 6) is 0. The Labute approximate surface area is 482 Å². The van der Waals surface area contributed by atoms with Crippen molar-refractivity contribution in [2.24, 2.45) is 0 Å². The molecule has 7 aromatic rings. The van der Waals surface area contributed by atoms with Crippen LogP contribution in [0, 0.1) is 13.1 Å². The van der Waals surface area contributed by atoms with Crippen LogP contribution in [0.5, 0.6) is 0 Å². The molecule has 9 rings (SSSR count). The molecule has 2 aromatic heterocycles.